The number of rotatable bonds is 1. The lowest BCUT2D eigenvalue weighted by Crippen LogP contribution is -2.06. The van der Waals surface area contributed by atoms with Gasteiger partial charge in [0.2, 0.25) is 0 Å². The molecule has 0 spiro atoms. The summed E-state index contributed by atoms with van der Waals surface area (Å²) in [6.45, 7) is 1.85. The first-order valence-corrected chi connectivity index (χ1v) is 5.05. The molecule has 2 rings (SSSR count). The molecule has 2 N–H and O–H groups in total. The Bertz CT molecular complexity index is 564. The number of fused-ring (bicyclic) bond motifs is 1. The van der Waals surface area contributed by atoms with Crippen LogP contribution < -0.4 is 5.73 Å². The molecule has 0 saturated heterocycles. The number of aryl methyl sites for hydroxylation is 1. The fraction of sp³-hybridized carbons (Fsp3) is 0.273. The van der Waals surface area contributed by atoms with Crippen LogP contribution >= 0.6 is 0 Å². The van der Waals surface area contributed by atoms with E-state index in [2.05, 4.69) is 9.97 Å². The van der Waals surface area contributed by atoms with Crippen LogP contribution in [0, 0.1) is 0 Å². The Hall–Kier alpha value is -1.85. The Balaban J connectivity index is 2.67. The second-order valence-electron chi connectivity index (χ2n) is 3.61. The van der Waals surface area contributed by atoms with Crippen molar-refractivity contribution in [2.75, 3.05) is 5.73 Å². The molecule has 0 atom stereocenters. The van der Waals surface area contributed by atoms with Gasteiger partial charge >= 0.3 is 6.18 Å². The molecule has 0 amide bonds. The predicted molar refractivity (Wildman–Crippen MR) is 58.3 cm³/mol. The summed E-state index contributed by atoms with van der Waals surface area (Å²) in [5.41, 5.74) is 5.31. The molecule has 0 aliphatic heterocycles. The third kappa shape index (κ3) is 2.15. The number of nitrogens with two attached hydrogens (primary N) is 1. The molecule has 0 unspecified atom stereocenters. The molecule has 6 heteroatoms. The first-order chi connectivity index (χ1) is 7.91. The molecule has 3 nitrogen and oxygen atoms in total. The van der Waals surface area contributed by atoms with Crippen molar-refractivity contribution in [3.05, 3.63) is 29.6 Å². The smallest absolute Gasteiger partial charge is 0.383 e. The van der Waals surface area contributed by atoms with Gasteiger partial charge in [-0.1, -0.05) is 6.92 Å². The fourth-order valence-electron chi connectivity index (χ4n) is 1.54. The number of aromatic nitrogens is 2. The van der Waals surface area contributed by atoms with Gasteiger partial charge < -0.3 is 5.73 Å². The summed E-state index contributed by atoms with van der Waals surface area (Å²) < 4.78 is 37.5. The van der Waals surface area contributed by atoms with E-state index in [4.69, 9.17) is 5.73 Å². The summed E-state index contributed by atoms with van der Waals surface area (Å²) in [6.07, 6.45) is -3.80. The highest BCUT2D eigenvalue weighted by molar-refractivity contribution is 5.88. The van der Waals surface area contributed by atoms with Crippen molar-refractivity contribution >= 4 is 16.7 Å². The molecular weight excluding hydrogens is 231 g/mol. The van der Waals surface area contributed by atoms with E-state index in [0.717, 1.165) is 12.1 Å². The topological polar surface area (TPSA) is 51.8 Å². The van der Waals surface area contributed by atoms with Crippen LogP contribution in [0.3, 0.4) is 0 Å². The number of alkyl halides is 3. The fourth-order valence-corrected chi connectivity index (χ4v) is 1.54. The van der Waals surface area contributed by atoms with Gasteiger partial charge in [-0.25, -0.2) is 9.97 Å². The first-order valence-electron chi connectivity index (χ1n) is 5.05. The normalized spacial score (nSPS) is 12.0. The molecule has 90 valence electrons. The van der Waals surface area contributed by atoms with Crippen molar-refractivity contribution in [2.24, 2.45) is 0 Å². The molecule has 2 aromatic rings. The number of anilines is 1. The summed E-state index contributed by atoms with van der Waals surface area (Å²) in [5, 5.41) is 0.233. The highest BCUT2D eigenvalue weighted by atomic mass is 19.4. The second-order valence-corrected chi connectivity index (χ2v) is 3.61. The highest BCUT2D eigenvalue weighted by Gasteiger charge is 2.30. The van der Waals surface area contributed by atoms with Crippen molar-refractivity contribution in [3.63, 3.8) is 0 Å². The maximum Gasteiger partial charge on any atom is 0.416 e. The lowest BCUT2D eigenvalue weighted by atomic mass is 10.1. The molecule has 1 heterocycles. The van der Waals surface area contributed by atoms with Crippen molar-refractivity contribution in [1.29, 1.82) is 0 Å². The number of nitrogen functional groups attached to an aromatic ring is 1. The van der Waals surface area contributed by atoms with Crippen molar-refractivity contribution in [1.82, 2.24) is 9.97 Å². The van der Waals surface area contributed by atoms with Gasteiger partial charge in [-0.2, -0.15) is 13.2 Å². The quantitative estimate of drug-likeness (QED) is 0.835. The average Bonchev–Trinajstić information content (AvgIpc) is 2.27. The number of halogens is 3. The minimum absolute atomic E-state index is 0.0814. The van der Waals surface area contributed by atoms with Gasteiger partial charge in [0.25, 0.3) is 0 Å². The van der Waals surface area contributed by atoms with Crippen LogP contribution in [0.4, 0.5) is 19.0 Å². The largest absolute Gasteiger partial charge is 0.416 e. The Labute approximate surface area is 95.5 Å². The number of hydrogen-bond donors (Lipinski definition) is 1. The van der Waals surface area contributed by atoms with Gasteiger partial charge in [-0.3, -0.25) is 0 Å². The van der Waals surface area contributed by atoms with E-state index in [-0.39, 0.29) is 11.2 Å². The zero-order valence-corrected chi connectivity index (χ0v) is 9.04. The van der Waals surface area contributed by atoms with Crippen LogP contribution in [0.5, 0.6) is 0 Å². The maximum atomic E-state index is 12.5. The molecule has 17 heavy (non-hydrogen) atoms. The Morgan fingerprint density at radius 2 is 1.94 bits per heavy atom. The lowest BCUT2D eigenvalue weighted by molar-refractivity contribution is -0.137. The second kappa shape index (κ2) is 3.87. The van der Waals surface area contributed by atoms with Crippen molar-refractivity contribution in [2.45, 2.75) is 19.5 Å². The van der Waals surface area contributed by atoms with Gasteiger partial charge in [-0.05, 0) is 18.2 Å². The molecule has 0 aliphatic carbocycles. The van der Waals surface area contributed by atoms with Crippen LogP contribution in [-0.2, 0) is 12.6 Å². The zero-order chi connectivity index (χ0) is 12.6. The third-order valence-corrected chi connectivity index (χ3v) is 2.42. The van der Waals surface area contributed by atoms with Gasteiger partial charge in [0.15, 0.2) is 0 Å². The molecule has 0 fully saturated rings. The zero-order valence-electron chi connectivity index (χ0n) is 9.04. The summed E-state index contributed by atoms with van der Waals surface area (Å²) in [4.78, 5) is 8.06. The monoisotopic (exact) mass is 241 g/mol. The molecule has 0 bridgehead atoms. The molecule has 1 aromatic heterocycles. The van der Waals surface area contributed by atoms with Crippen LogP contribution in [-0.4, -0.2) is 9.97 Å². The number of benzene rings is 1. The van der Waals surface area contributed by atoms with Gasteiger partial charge in [0, 0.05) is 11.8 Å². The summed E-state index contributed by atoms with van der Waals surface area (Å²) >= 11 is 0. The average molecular weight is 241 g/mol. The molecule has 0 radical (unpaired) electrons. The number of hydrogen-bond acceptors (Lipinski definition) is 3. The van der Waals surface area contributed by atoms with E-state index in [1.807, 2.05) is 6.92 Å². The van der Waals surface area contributed by atoms with E-state index in [0.29, 0.717) is 17.8 Å². The summed E-state index contributed by atoms with van der Waals surface area (Å²) in [7, 11) is 0. The SMILES string of the molecule is CCc1nc(N)c2cc(C(F)(F)F)ccc2n1. The lowest BCUT2D eigenvalue weighted by Gasteiger charge is -2.09. The van der Waals surface area contributed by atoms with E-state index in [1.54, 1.807) is 0 Å². The van der Waals surface area contributed by atoms with Gasteiger partial charge in [0.05, 0.1) is 11.1 Å². The Morgan fingerprint density at radius 3 is 2.53 bits per heavy atom. The van der Waals surface area contributed by atoms with E-state index >= 15 is 0 Å². The van der Waals surface area contributed by atoms with Crippen LogP contribution in [0.25, 0.3) is 10.9 Å². The molecular formula is C11H10F3N3. The highest BCUT2D eigenvalue weighted by Crippen LogP contribution is 2.32. The van der Waals surface area contributed by atoms with Crippen LogP contribution in [0.2, 0.25) is 0 Å². The van der Waals surface area contributed by atoms with Crippen molar-refractivity contribution in [3.8, 4) is 0 Å². The van der Waals surface area contributed by atoms with Gasteiger partial charge in [0.1, 0.15) is 11.6 Å². The maximum absolute atomic E-state index is 12.5. The summed E-state index contributed by atoms with van der Waals surface area (Å²) in [5.74, 6) is 0.604. The number of nitrogens with zero attached hydrogens (tertiary/aromatic N) is 2. The minimum atomic E-state index is -4.38. The molecule has 1 aromatic carbocycles. The van der Waals surface area contributed by atoms with E-state index < -0.39 is 11.7 Å². The van der Waals surface area contributed by atoms with Crippen LogP contribution in [0.15, 0.2) is 18.2 Å². The third-order valence-electron chi connectivity index (χ3n) is 2.42. The van der Waals surface area contributed by atoms with E-state index in [1.165, 1.54) is 6.07 Å². The minimum Gasteiger partial charge on any atom is -0.383 e. The molecule has 0 aliphatic rings. The Morgan fingerprint density at radius 1 is 1.24 bits per heavy atom. The molecule has 0 saturated carbocycles. The predicted octanol–water partition coefficient (Wildman–Crippen LogP) is 2.79. The first kappa shape index (κ1) is 11.6. The van der Waals surface area contributed by atoms with Crippen LogP contribution in [0.1, 0.15) is 18.3 Å². The summed E-state index contributed by atoms with van der Waals surface area (Å²) in [6, 6.07) is 3.29. The van der Waals surface area contributed by atoms with E-state index in [9.17, 15) is 13.2 Å². The Kier molecular flexibility index (Phi) is 2.65. The van der Waals surface area contributed by atoms with Crippen molar-refractivity contribution < 1.29 is 13.2 Å². The van der Waals surface area contributed by atoms with Gasteiger partial charge in [-0.15, -0.1) is 0 Å². The standard InChI is InChI=1S/C11H10F3N3/c1-2-9-16-8-4-3-6(11(12,13)14)5-7(8)10(15)17-9/h3-5H,2H2,1H3,(H2,15,16,17).